The quantitative estimate of drug-likeness (QED) is 0.799. The van der Waals surface area contributed by atoms with Gasteiger partial charge in [-0.05, 0) is 25.1 Å². The first-order chi connectivity index (χ1) is 9.76. The lowest BCUT2D eigenvalue weighted by atomic mass is 10.0. The van der Waals surface area contributed by atoms with E-state index >= 15 is 0 Å². The van der Waals surface area contributed by atoms with Gasteiger partial charge in [0.2, 0.25) is 5.91 Å². The van der Waals surface area contributed by atoms with E-state index in [0.717, 1.165) is 17.7 Å². The standard InChI is InChI=1S/C15H22N2O3/c1-16-13-10-20-9-12(13)15(18)17-8-7-11-5-3-4-6-14(11)19-2/h3-6,12-13,16H,7-10H2,1-2H3,(H,17,18). The van der Waals surface area contributed by atoms with Gasteiger partial charge in [0, 0.05) is 12.6 Å². The highest BCUT2D eigenvalue weighted by atomic mass is 16.5. The van der Waals surface area contributed by atoms with Gasteiger partial charge in [-0.1, -0.05) is 18.2 Å². The molecule has 2 rings (SSSR count). The summed E-state index contributed by atoms with van der Waals surface area (Å²) in [5.41, 5.74) is 1.10. The molecule has 1 aliphatic heterocycles. The number of carbonyl (C=O) groups is 1. The summed E-state index contributed by atoms with van der Waals surface area (Å²) in [7, 11) is 3.51. The van der Waals surface area contributed by atoms with Crippen molar-refractivity contribution in [2.24, 2.45) is 5.92 Å². The molecular weight excluding hydrogens is 256 g/mol. The zero-order valence-electron chi connectivity index (χ0n) is 12.0. The van der Waals surface area contributed by atoms with Crippen LogP contribution in [0.15, 0.2) is 24.3 Å². The van der Waals surface area contributed by atoms with Crippen LogP contribution in [0, 0.1) is 5.92 Å². The van der Waals surface area contributed by atoms with Crippen LogP contribution in [-0.4, -0.2) is 45.9 Å². The van der Waals surface area contributed by atoms with Crippen molar-refractivity contribution in [3.8, 4) is 5.75 Å². The normalized spacial score (nSPS) is 21.7. The van der Waals surface area contributed by atoms with Crippen LogP contribution in [0.3, 0.4) is 0 Å². The van der Waals surface area contributed by atoms with Crippen molar-refractivity contribution in [3.63, 3.8) is 0 Å². The van der Waals surface area contributed by atoms with E-state index in [4.69, 9.17) is 9.47 Å². The lowest BCUT2D eigenvalue weighted by Gasteiger charge is -2.16. The van der Waals surface area contributed by atoms with Crippen LogP contribution in [0.4, 0.5) is 0 Å². The number of carbonyl (C=O) groups excluding carboxylic acids is 1. The molecule has 0 aromatic heterocycles. The van der Waals surface area contributed by atoms with Crippen molar-refractivity contribution in [1.82, 2.24) is 10.6 Å². The molecule has 2 atom stereocenters. The molecule has 1 aliphatic rings. The van der Waals surface area contributed by atoms with E-state index in [2.05, 4.69) is 10.6 Å². The summed E-state index contributed by atoms with van der Waals surface area (Å²) in [6.07, 6.45) is 0.757. The number of benzene rings is 1. The number of likely N-dealkylation sites (N-methyl/N-ethyl adjacent to an activating group) is 1. The minimum Gasteiger partial charge on any atom is -0.496 e. The van der Waals surface area contributed by atoms with Crippen molar-refractivity contribution in [2.75, 3.05) is 33.9 Å². The van der Waals surface area contributed by atoms with Crippen LogP contribution in [0.2, 0.25) is 0 Å². The molecule has 1 amide bonds. The minimum absolute atomic E-state index is 0.0525. The maximum Gasteiger partial charge on any atom is 0.227 e. The molecule has 2 N–H and O–H groups in total. The van der Waals surface area contributed by atoms with Gasteiger partial charge < -0.3 is 20.1 Å². The van der Waals surface area contributed by atoms with Crippen LogP contribution in [-0.2, 0) is 16.0 Å². The molecule has 1 aromatic carbocycles. The number of hydrogen-bond donors (Lipinski definition) is 2. The largest absolute Gasteiger partial charge is 0.496 e. The first kappa shape index (κ1) is 14.8. The minimum atomic E-state index is -0.0994. The summed E-state index contributed by atoms with van der Waals surface area (Å²) >= 11 is 0. The second kappa shape index (κ2) is 7.26. The van der Waals surface area contributed by atoms with Gasteiger partial charge in [0.1, 0.15) is 5.75 Å². The first-order valence-corrected chi connectivity index (χ1v) is 6.91. The molecule has 2 unspecified atom stereocenters. The first-order valence-electron chi connectivity index (χ1n) is 6.91. The Hall–Kier alpha value is -1.59. The third-order valence-corrected chi connectivity index (χ3v) is 3.67. The molecule has 0 aliphatic carbocycles. The van der Waals surface area contributed by atoms with Crippen LogP contribution in [0.1, 0.15) is 5.56 Å². The van der Waals surface area contributed by atoms with Crippen molar-refractivity contribution in [2.45, 2.75) is 12.5 Å². The van der Waals surface area contributed by atoms with Crippen LogP contribution in [0.25, 0.3) is 0 Å². The van der Waals surface area contributed by atoms with Crippen molar-refractivity contribution in [1.29, 1.82) is 0 Å². The molecular formula is C15H22N2O3. The van der Waals surface area contributed by atoms with E-state index in [1.54, 1.807) is 7.11 Å². The van der Waals surface area contributed by atoms with Crippen molar-refractivity contribution >= 4 is 5.91 Å². The van der Waals surface area contributed by atoms with E-state index in [1.165, 1.54) is 0 Å². The van der Waals surface area contributed by atoms with E-state index in [-0.39, 0.29) is 17.9 Å². The van der Waals surface area contributed by atoms with Crippen molar-refractivity contribution in [3.05, 3.63) is 29.8 Å². The summed E-state index contributed by atoms with van der Waals surface area (Å²) in [6.45, 7) is 1.69. The number of methoxy groups -OCH3 is 1. The molecule has 20 heavy (non-hydrogen) atoms. The maximum absolute atomic E-state index is 12.1. The predicted octanol–water partition coefficient (Wildman–Crippen LogP) is 0.588. The fourth-order valence-electron chi connectivity index (χ4n) is 2.46. The summed E-state index contributed by atoms with van der Waals surface area (Å²) in [5.74, 6) is 0.813. The van der Waals surface area contributed by atoms with E-state index < -0.39 is 0 Å². The van der Waals surface area contributed by atoms with Gasteiger partial charge in [-0.25, -0.2) is 0 Å². The van der Waals surface area contributed by atoms with Gasteiger partial charge >= 0.3 is 0 Å². The van der Waals surface area contributed by atoms with Crippen LogP contribution >= 0.6 is 0 Å². The second-order valence-electron chi connectivity index (χ2n) is 4.89. The van der Waals surface area contributed by atoms with Crippen LogP contribution in [0.5, 0.6) is 5.75 Å². The van der Waals surface area contributed by atoms with Crippen molar-refractivity contribution < 1.29 is 14.3 Å². The molecule has 1 saturated heterocycles. The Balaban J connectivity index is 1.82. The predicted molar refractivity (Wildman–Crippen MR) is 76.9 cm³/mol. The summed E-state index contributed by atoms with van der Waals surface area (Å²) in [6, 6.07) is 7.97. The molecule has 5 heteroatoms. The molecule has 1 heterocycles. The lowest BCUT2D eigenvalue weighted by molar-refractivity contribution is -0.125. The lowest BCUT2D eigenvalue weighted by Crippen LogP contribution is -2.43. The highest BCUT2D eigenvalue weighted by Crippen LogP contribution is 2.17. The Labute approximate surface area is 119 Å². The van der Waals surface area contributed by atoms with E-state index in [9.17, 15) is 4.79 Å². The average Bonchev–Trinajstić information content (AvgIpc) is 2.96. The molecule has 110 valence electrons. The molecule has 1 aromatic rings. The zero-order valence-corrected chi connectivity index (χ0v) is 12.0. The highest BCUT2D eigenvalue weighted by molar-refractivity contribution is 5.79. The summed E-state index contributed by atoms with van der Waals surface area (Å²) in [4.78, 5) is 12.1. The van der Waals surface area contributed by atoms with Gasteiger partial charge in [-0.2, -0.15) is 0 Å². The Bertz CT molecular complexity index is 450. The number of nitrogens with one attached hydrogen (secondary N) is 2. The Kier molecular flexibility index (Phi) is 5.38. The Morgan fingerprint density at radius 1 is 1.40 bits per heavy atom. The fourth-order valence-corrected chi connectivity index (χ4v) is 2.46. The Morgan fingerprint density at radius 3 is 2.95 bits per heavy atom. The molecule has 5 nitrogen and oxygen atoms in total. The number of amides is 1. The fraction of sp³-hybridized carbons (Fsp3) is 0.533. The maximum atomic E-state index is 12.1. The molecule has 0 bridgehead atoms. The highest BCUT2D eigenvalue weighted by Gasteiger charge is 2.32. The number of para-hydroxylation sites is 1. The number of ether oxygens (including phenoxy) is 2. The van der Waals surface area contributed by atoms with Gasteiger partial charge in [-0.15, -0.1) is 0 Å². The summed E-state index contributed by atoms with van der Waals surface area (Å²) in [5, 5.41) is 6.09. The van der Waals surface area contributed by atoms with Gasteiger partial charge in [-0.3, -0.25) is 4.79 Å². The number of rotatable bonds is 6. The third-order valence-electron chi connectivity index (χ3n) is 3.67. The second-order valence-corrected chi connectivity index (χ2v) is 4.89. The molecule has 0 spiro atoms. The Morgan fingerprint density at radius 2 is 2.20 bits per heavy atom. The molecule has 0 radical (unpaired) electrons. The van der Waals surface area contributed by atoms with Gasteiger partial charge in [0.05, 0.1) is 26.2 Å². The topological polar surface area (TPSA) is 59.6 Å². The third kappa shape index (κ3) is 3.49. The van der Waals surface area contributed by atoms with E-state index in [0.29, 0.717) is 19.8 Å². The van der Waals surface area contributed by atoms with Crippen LogP contribution < -0.4 is 15.4 Å². The monoisotopic (exact) mass is 278 g/mol. The van der Waals surface area contributed by atoms with Gasteiger partial charge in [0.25, 0.3) is 0 Å². The summed E-state index contributed by atoms with van der Waals surface area (Å²) < 4.78 is 10.6. The SMILES string of the molecule is CNC1COCC1C(=O)NCCc1ccccc1OC. The zero-order chi connectivity index (χ0) is 14.4. The number of hydrogen-bond acceptors (Lipinski definition) is 4. The van der Waals surface area contributed by atoms with Gasteiger partial charge in [0.15, 0.2) is 0 Å². The molecule has 1 fully saturated rings. The average molecular weight is 278 g/mol. The smallest absolute Gasteiger partial charge is 0.227 e. The van der Waals surface area contributed by atoms with E-state index in [1.807, 2.05) is 31.3 Å². The molecule has 0 saturated carbocycles.